The molecule has 2 atom stereocenters. The fraction of sp³-hybridized carbons (Fsp3) is 0.400. The van der Waals surface area contributed by atoms with Gasteiger partial charge >= 0.3 is 6.18 Å². The smallest absolute Gasteiger partial charge is 0.348 e. The highest BCUT2D eigenvalue weighted by molar-refractivity contribution is 5.87. The highest BCUT2D eigenvalue weighted by Gasteiger charge is 2.49. The second kappa shape index (κ2) is 6.30. The Morgan fingerprint density at radius 3 is 2.57 bits per heavy atom. The summed E-state index contributed by atoms with van der Waals surface area (Å²) in [6.45, 7) is 3.78. The van der Waals surface area contributed by atoms with Crippen molar-refractivity contribution in [2.75, 3.05) is 13.1 Å². The molecule has 114 valence electrons. The Hall–Kier alpha value is -1.82. The third-order valence-corrected chi connectivity index (χ3v) is 3.58. The molecule has 0 spiro atoms. The van der Waals surface area contributed by atoms with E-state index in [1.54, 1.807) is 4.90 Å². The normalized spacial score (nSPS) is 23.0. The van der Waals surface area contributed by atoms with Crippen molar-refractivity contribution in [3.05, 3.63) is 48.6 Å². The molecule has 1 amide bonds. The molecule has 1 aliphatic heterocycles. The van der Waals surface area contributed by atoms with E-state index in [2.05, 4.69) is 11.9 Å². The highest BCUT2D eigenvalue weighted by Crippen LogP contribution is 2.34. The number of likely N-dealkylation sites (tertiary alicyclic amines) is 1. The predicted molar refractivity (Wildman–Crippen MR) is 73.4 cm³/mol. The second-order valence-electron chi connectivity index (χ2n) is 5.15. The number of amides is 1. The summed E-state index contributed by atoms with van der Waals surface area (Å²) in [5.41, 5.74) is 0.953. The monoisotopic (exact) mass is 298 g/mol. The quantitative estimate of drug-likeness (QED) is 0.866. The lowest BCUT2D eigenvalue weighted by atomic mass is 10.0. The maximum atomic E-state index is 13.1. The van der Waals surface area contributed by atoms with Crippen LogP contribution in [-0.4, -0.2) is 36.1 Å². The van der Waals surface area contributed by atoms with Crippen LogP contribution in [-0.2, 0) is 11.3 Å². The van der Waals surface area contributed by atoms with Crippen molar-refractivity contribution in [1.29, 1.82) is 0 Å². The van der Waals surface area contributed by atoms with Gasteiger partial charge in [0, 0.05) is 19.6 Å². The lowest BCUT2D eigenvalue weighted by Gasteiger charge is -2.21. The average Bonchev–Trinajstić information content (AvgIpc) is 2.82. The molecule has 0 aromatic heterocycles. The van der Waals surface area contributed by atoms with Gasteiger partial charge in [0.2, 0.25) is 5.91 Å². The predicted octanol–water partition coefficient (Wildman–Crippen LogP) is 2.35. The van der Waals surface area contributed by atoms with E-state index in [1.807, 2.05) is 30.3 Å². The summed E-state index contributed by atoms with van der Waals surface area (Å²) in [5, 5.41) is 2.38. The van der Waals surface area contributed by atoms with Crippen LogP contribution in [0.2, 0.25) is 0 Å². The minimum atomic E-state index is -4.33. The zero-order valence-electron chi connectivity index (χ0n) is 11.4. The van der Waals surface area contributed by atoms with E-state index < -0.39 is 24.0 Å². The molecule has 1 aliphatic rings. The number of alkyl halides is 3. The number of hydrogen-bond acceptors (Lipinski definition) is 2. The lowest BCUT2D eigenvalue weighted by molar-refractivity contribution is -0.175. The van der Waals surface area contributed by atoms with Crippen LogP contribution in [0, 0.1) is 5.92 Å². The fourth-order valence-corrected chi connectivity index (χ4v) is 2.58. The van der Waals surface area contributed by atoms with Crippen molar-refractivity contribution in [3.8, 4) is 0 Å². The van der Waals surface area contributed by atoms with Gasteiger partial charge in [-0.25, -0.2) is 0 Å². The molecular formula is C15H17F3N2O. The maximum absolute atomic E-state index is 13.1. The van der Waals surface area contributed by atoms with Gasteiger partial charge in [-0.1, -0.05) is 36.9 Å². The Morgan fingerprint density at radius 2 is 2.00 bits per heavy atom. The first-order chi connectivity index (χ1) is 9.90. The molecule has 3 nitrogen and oxygen atoms in total. The van der Waals surface area contributed by atoms with Crippen LogP contribution < -0.4 is 5.32 Å². The zero-order valence-corrected chi connectivity index (χ0v) is 11.4. The van der Waals surface area contributed by atoms with Crippen LogP contribution in [0.5, 0.6) is 0 Å². The number of carbonyl (C=O) groups is 1. The number of hydrogen-bond donors (Lipinski definition) is 1. The summed E-state index contributed by atoms with van der Waals surface area (Å²) in [6.07, 6.45) is -3.34. The molecule has 0 aliphatic carbocycles. The molecule has 0 bridgehead atoms. The standard InChI is InChI=1S/C15H17F3N2O/c1-2-14(21)19-13-10-20(9-12(13)15(16,17)18)8-11-6-4-3-5-7-11/h2-7,12-13H,1,8-10H2,(H,19,21)/t12-,13-/m1/s1. The van der Waals surface area contributed by atoms with Crippen LogP contribution in [0.15, 0.2) is 43.0 Å². The molecule has 0 saturated carbocycles. The van der Waals surface area contributed by atoms with E-state index in [4.69, 9.17) is 0 Å². The van der Waals surface area contributed by atoms with Crippen molar-refractivity contribution in [1.82, 2.24) is 10.2 Å². The summed E-state index contributed by atoms with van der Waals surface area (Å²) >= 11 is 0. The number of nitrogens with zero attached hydrogens (tertiary/aromatic N) is 1. The SMILES string of the molecule is C=CC(=O)N[C@@H]1CN(Cc2ccccc2)C[C@H]1C(F)(F)F. The topological polar surface area (TPSA) is 32.3 Å². The number of carbonyl (C=O) groups excluding carboxylic acids is 1. The van der Waals surface area contributed by atoms with Gasteiger partial charge in [0.1, 0.15) is 0 Å². The van der Waals surface area contributed by atoms with Crippen LogP contribution in [0.3, 0.4) is 0 Å². The molecule has 1 fully saturated rings. The summed E-state index contributed by atoms with van der Waals surface area (Å²) in [6, 6.07) is 8.38. The van der Waals surface area contributed by atoms with Crippen molar-refractivity contribution >= 4 is 5.91 Å². The van der Waals surface area contributed by atoms with Gasteiger partial charge in [-0.15, -0.1) is 0 Å². The van der Waals surface area contributed by atoms with Crippen molar-refractivity contribution in [2.24, 2.45) is 5.92 Å². The molecule has 2 rings (SSSR count). The van der Waals surface area contributed by atoms with Gasteiger partial charge in [-0.3, -0.25) is 9.69 Å². The minimum Gasteiger partial charge on any atom is -0.348 e. The third kappa shape index (κ3) is 4.07. The Morgan fingerprint density at radius 1 is 1.33 bits per heavy atom. The first-order valence-electron chi connectivity index (χ1n) is 6.66. The first-order valence-corrected chi connectivity index (χ1v) is 6.66. The summed E-state index contributed by atoms with van der Waals surface area (Å²) in [7, 11) is 0. The van der Waals surface area contributed by atoms with Gasteiger partial charge in [0.15, 0.2) is 0 Å². The zero-order chi connectivity index (χ0) is 15.5. The maximum Gasteiger partial charge on any atom is 0.395 e. The van der Waals surface area contributed by atoms with Crippen molar-refractivity contribution in [2.45, 2.75) is 18.8 Å². The summed E-state index contributed by atoms with van der Waals surface area (Å²) < 4.78 is 39.2. The molecule has 1 aromatic rings. The van der Waals surface area contributed by atoms with E-state index in [-0.39, 0.29) is 13.1 Å². The Labute approximate surface area is 121 Å². The molecule has 21 heavy (non-hydrogen) atoms. The molecular weight excluding hydrogens is 281 g/mol. The molecule has 1 N–H and O–H groups in total. The largest absolute Gasteiger partial charge is 0.395 e. The molecule has 0 radical (unpaired) electrons. The van der Waals surface area contributed by atoms with Gasteiger partial charge in [0.25, 0.3) is 0 Å². The van der Waals surface area contributed by atoms with E-state index >= 15 is 0 Å². The van der Waals surface area contributed by atoms with Gasteiger partial charge in [-0.2, -0.15) is 13.2 Å². The van der Waals surface area contributed by atoms with Gasteiger partial charge < -0.3 is 5.32 Å². The van der Waals surface area contributed by atoms with E-state index in [0.29, 0.717) is 6.54 Å². The molecule has 0 unspecified atom stereocenters. The second-order valence-corrected chi connectivity index (χ2v) is 5.15. The Bertz CT molecular complexity index is 501. The third-order valence-electron chi connectivity index (χ3n) is 3.58. The number of nitrogens with one attached hydrogen (secondary N) is 1. The molecule has 1 heterocycles. The van der Waals surface area contributed by atoms with Crippen LogP contribution in [0.4, 0.5) is 13.2 Å². The molecule has 1 aromatic carbocycles. The summed E-state index contributed by atoms with van der Waals surface area (Å²) in [4.78, 5) is 13.0. The van der Waals surface area contributed by atoms with Crippen LogP contribution >= 0.6 is 0 Å². The van der Waals surface area contributed by atoms with Gasteiger partial charge in [0.05, 0.1) is 12.0 Å². The average molecular weight is 298 g/mol. The Balaban J connectivity index is 2.06. The fourth-order valence-electron chi connectivity index (χ4n) is 2.58. The Kier molecular flexibility index (Phi) is 4.67. The van der Waals surface area contributed by atoms with Crippen LogP contribution in [0.1, 0.15) is 5.56 Å². The summed E-state index contributed by atoms with van der Waals surface area (Å²) in [5.74, 6) is -2.12. The number of halogens is 3. The van der Waals surface area contributed by atoms with E-state index in [1.165, 1.54) is 0 Å². The number of benzene rings is 1. The highest BCUT2D eigenvalue weighted by atomic mass is 19.4. The number of rotatable bonds is 4. The van der Waals surface area contributed by atoms with Crippen molar-refractivity contribution < 1.29 is 18.0 Å². The molecule has 6 heteroatoms. The lowest BCUT2D eigenvalue weighted by Crippen LogP contribution is -2.44. The van der Waals surface area contributed by atoms with Gasteiger partial charge in [-0.05, 0) is 11.6 Å². The molecule has 1 saturated heterocycles. The minimum absolute atomic E-state index is 0.111. The van der Waals surface area contributed by atoms with E-state index in [9.17, 15) is 18.0 Å². The van der Waals surface area contributed by atoms with Crippen molar-refractivity contribution in [3.63, 3.8) is 0 Å². The first kappa shape index (κ1) is 15.6. The van der Waals surface area contributed by atoms with E-state index in [0.717, 1.165) is 11.6 Å². The van der Waals surface area contributed by atoms with Crippen LogP contribution in [0.25, 0.3) is 0 Å².